The minimum Gasteiger partial charge on any atom is -0.469 e. The molecule has 0 saturated heterocycles. The molecule has 1 amide bonds. The number of esters is 1. The van der Waals surface area contributed by atoms with Gasteiger partial charge in [-0.15, -0.1) is 0 Å². The van der Waals surface area contributed by atoms with Gasteiger partial charge in [0.25, 0.3) is 5.91 Å². The molecular weight excluding hydrogens is 432 g/mol. The van der Waals surface area contributed by atoms with Gasteiger partial charge in [-0.3, -0.25) is 19.3 Å². The number of rotatable bonds is 8. The first kappa shape index (κ1) is 22.9. The molecule has 0 aliphatic heterocycles. The summed E-state index contributed by atoms with van der Waals surface area (Å²) in [6, 6.07) is 14.7. The second kappa shape index (κ2) is 10.1. The van der Waals surface area contributed by atoms with E-state index in [0.29, 0.717) is 30.8 Å². The first-order valence-corrected chi connectivity index (χ1v) is 10.9. The van der Waals surface area contributed by atoms with Crippen LogP contribution in [0.5, 0.6) is 0 Å². The topological polar surface area (TPSA) is 104 Å². The Morgan fingerprint density at radius 2 is 1.82 bits per heavy atom. The molecule has 3 aromatic heterocycles. The predicted molar refractivity (Wildman–Crippen MR) is 127 cm³/mol. The number of aryl methyl sites for hydroxylation is 1. The molecule has 3 heterocycles. The lowest BCUT2D eigenvalue weighted by molar-refractivity contribution is -0.140. The summed E-state index contributed by atoms with van der Waals surface area (Å²) in [6.07, 6.45) is 4.41. The van der Waals surface area contributed by atoms with Crippen molar-refractivity contribution < 1.29 is 14.3 Å². The second-order valence-electron chi connectivity index (χ2n) is 7.86. The molecule has 4 rings (SSSR count). The van der Waals surface area contributed by atoms with Gasteiger partial charge in [0.05, 0.1) is 30.7 Å². The number of nitrogens with zero attached hydrogens (tertiary/aromatic N) is 5. The first-order valence-electron chi connectivity index (χ1n) is 10.9. The van der Waals surface area contributed by atoms with Crippen LogP contribution in [0.15, 0.2) is 60.9 Å². The monoisotopic (exact) mass is 458 g/mol. The molecule has 0 aliphatic rings. The van der Waals surface area contributed by atoms with E-state index in [1.807, 2.05) is 48.9 Å². The van der Waals surface area contributed by atoms with Gasteiger partial charge in [0.15, 0.2) is 5.82 Å². The van der Waals surface area contributed by atoms with Crippen LogP contribution in [0.3, 0.4) is 0 Å². The maximum absolute atomic E-state index is 12.7. The highest BCUT2D eigenvalue weighted by atomic mass is 16.5. The largest absolute Gasteiger partial charge is 0.469 e. The van der Waals surface area contributed by atoms with Crippen LogP contribution in [0, 0.1) is 13.8 Å². The zero-order valence-corrected chi connectivity index (χ0v) is 19.4. The Balaban J connectivity index is 1.42. The summed E-state index contributed by atoms with van der Waals surface area (Å²) in [7, 11) is 1.39. The van der Waals surface area contributed by atoms with E-state index in [0.717, 1.165) is 28.3 Å². The summed E-state index contributed by atoms with van der Waals surface area (Å²) in [4.78, 5) is 28.5. The Kier molecular flexibility index (Phi) is 6.82. The van der Waals surface area contributed by atoms with E-state index in [9.17, 15) is 9.59 Å². The molecule has 0 aliphatic carbocycles. The highest BCUT2D eigenvalue weighted by Gasteiger charge is 2.15. The molecule has 0 atom stereocenters. The van der Waals surface area contributed by atoms with Crippen LogP contribution in [0.2, 0.25) is 0 Å². The maximum Gasteiger partial charge on any atom is 0.305 e. The number of nitrogens with one attached hydrogen (secondary N) is 1. The summed E-state index contributed by atoms with van der Waals surface area (Å²) < 4.78 is 8.28. The number of methoxy groups -OCH3 is 1. The van der Waals surface area contributed by atoms with Gasteiger partial charge >= 0.3 is 5.97 Å². The fourth-order valence-corrected chi connectivity index (χ4v) is 3.73. The lowest BCUT2D eigenvalue weighted by Gasteiger charge is -2.07. The molecule has 0 fully saturated rings. The quantitative estimate of drug-likeness (QED) is 0.406. The third-order valence-electron chi connectivity index (χ3n) is 5.55. The van der Waals surface area contributed by atoms with E-state index in [-0.39, 0.29) is 11.9 Å². The lowest BCUT2D eigenvalue weighted by atomic mass is 10.1. The van der Waals surface area contributed by atoms with Gasteiger partial charge in [-0.1, -0.05) is 6.07 Å². The van der Waals surface area contributed by atoms with Crippen molar-refractivity contribution in [3.63, 3.8) is 0 Å². The van der Waals surface area contributed by atoms with Crippen molar-refractivity contribution >= 4 is 17.7 Å². The Labute approximate surface area is 197 Å². The van der Waals surface area contributed by atoms with Gasteiger partial charge in [0.1, 0.15) is 0 Å². The van der Waals surface area contributed by atoms with E-state index < -0.39 is 0 Å². The normalized spacial score (nSPS) is 10.8. The molecule has 9 nitrogen and oxygen atoms in total. The molecule has 1 N–H and O–H groups in total. The standard InChI is InChI=1S/C25H26N6O3/c1-17-22(11-12-24(32)34-3)18(2)31(28-17)21-9-7-19(8-10-21)25(33)27-23-13-15-30(29-23)16-20-6-4-5-14-26-20/h4-10,13-15H,11-12,16H2,1-3H3,(H,27,29,33). The van der Waals surface area contributed by atoms with Crippen LogP contribution in [0.25, 0.3) is 5.69 Å². The number of pyridine rings is 1. The number of benzene rings is 1. The summed E-state index contributed by atoms with van der Waals surface area (Å²) in [5, 5.41) is 11.8. The summed E-state index contributed by atoms with van der Waals surface area (Å²) >= 11 is 0. The zero-order chi connectivity index (χ0) is 24.1. The van der Waals surface area contributed by atoms with Gasteiger partial charge < -0.3 is 10.1 Å². The summed E-state index contributed by atoms with van der Waals surface area (Å²) in [5.41, 5.74) is 5.07. The van der Waals surface area contributed by atoms with Gasteiger partial charge in [-0.05, 0) is 62.2 Å². The summed E-state index contributed by atoms with van der Waals surface area (Å²) in [6.45, 7) is 4.41. The Hall–Kier alpha value is -4.27. The molecule has 34 heavy (non-hydrogen) atoms. The highest BCUT2D eigenvalue weighted by molar-refractivity contribution is 6.03. The summed E-state index contributed by atoms with van der Waals surface area (Å²) in [5.74, 6) is -0.0240. The van der Waals surface area contributed by atoms with Crippen LogP contribution in [-0.4, -0.2) is 43.5 Å². The number of hydrogen-bond acceptors (Lipinski definition) is 6. The number of carbonyl (C=O) groups is 2. The number of carbonyl (C=O) groups excluding carboxylic acids is 2. The third kappa shape index (κ3) is 5.20. The molecule has 174 valence electrons. The van der Waals surface area contributed by atoms with Crippen molar-refractivity contribution in [2.45, 2.75) is 33.2 Å². The second-order valence-corrected chi connectivity index (χ2v) is 7.86. The molecule has 0 unspecified atom stereocenters. The Bertz CT molecular complexity index is 1290. The van der Waals surface area contributed by atoms with Crippen molar-refractivity contribution in [1.82, 2.24) is 24.5 Å². The van der Waals surface area contributed by atoms with Crippen LogP contribution < -0.4 is 5.32 Å². The molecule has 0 radical (unpaired) electrons. The average Bonchev–Trinajstić information content (AvgIpc) is 3.41. The number of amides is 1. The van der Waals surface area contributed by atoms with Crippen LogP contribution in [-0.2, 0) is 22.5 Å². The first-order chi connectivity index (χ1) is 16.4. The van der Waals surface area contributed by atoms with Crippen LogP contribution >= 0.6 is 0 Å². The number of aromatic nitrogens is 5. The maximum atomic E-state index is 12.7. The van der Waals surface area contributed by atoms with E-state index in [4.69, 9.17) is 4.74 Å². The third-order valence-corrected chi connectivity index (χ3v) is 5.55. The van der Waals surface area contributed by atoms with Crippen molar-refractivity contribution in [1.29, 1.82) is 0 Å². The predicted octanol–water partition coefficient (Wildman–Crippen LogP) is 3.49. The van der Waals surface area contributed by atoms with Crippen LogP contribution in [0.4, 0.5) is 5.82 Å². The molecular formula is C25H26N6O3. The minimum atomic E-state index is -0.248. The van der Waals surface area contributed by atoms with Gasteiger partial charge in [-0.2, -0.15) is 10.2 Å². The molecule has 4 aromatic rings. The number of hydrogen-bond donors (Lipinski definition) is 1. The molecule has 0 saturated carbocycles. The van der Waals surface area contributed by atoms with Crippen molar-refractivity contribution in [2.24, 2.45) is 0 Å². The molecule has 1 aromatic carbocycles. The average molecular weight is 459 g/mol. The smallest absolute Gasteiger partial charge is 0.305 e. The fourth-order valence-electron chi connectivity index (χ4n) is 3.73. The minimum absolute atomic E-state index is 0.247. The molecule has 9 heteroatoms. The Morgan fingerprint density at radius 1 is 1.03 bits per heavy atom. The van der Waals surface area contributed by atoms with E-state index in [2.05, 4.69) is 20.5 Å². The molecule has 0 bridgehead atoms. The Morgan fingerprint density at radius 3 is 2.53 bits per heavy atom. The van der Waals surface area contributed by atoms with E-state index >= 15 is 0 Å². The zero-order valence-electron chi connectivity index (χ0n) is 19.4. The molecule has 0 spiro atoms. The van der Waals surface area contributed by atoms with Gasteiger partial charge in [0.2, 0.25) is 0 Å². The lowest BCUT2D eigenvalue weighted by Crippen LogP contribution is -2.13. The fraction of sp³-hybridized carbons (Fsp3) is 0.240. The van der Waals surface area contributed by atoms with E-state index in [1.54, 1.807) is 35.3 Å². The number of anilines is 1. The van der Waals surface area contributed by atoms with Crippen LogP contribution in [0.1, 0.15) is 39.4 Å². The van der Waals surface area contributed by atoms with Crippen molar-refractivity contribution in [2.75, 3.05) is 12.4 Å². The van der Waals surface area contributed by atoms with Gasteiger partial charge in [-0.25, -0.2) is 4.68 Å². The van der Waals surface area contributed by atoms with Crippen molar-refractivity contribution in [3.8, 4) is 5.69 Å². The van der Waals surface area contributed by atoms with Crippen molar-refractivity contribution in [3.05, 3.63) is 89.1 Å². The SMILES string of the molecule is COC(=O)CCc1c(C)nn(-c2ccc(C(=O)Nc3ccn(Cc4ccccn4)n3)cc2)c1C. The van der Waals surface area contributed by atoms with Gasteiger partial charge in [0, 0.05) is 36.1 Å². The highest BCUT2D eigenvalue weighted by Crippen LogP contribution is 2.20. The number of ether oxygens (including phenoxy) is 1. The van der Waals surface area contributed by atoms with E-state index in [1.165, 1.54) is 7.11 Å².